The largest absolute Gasteiger partial charge is 0.497 e. The Morgan fingerprint density at radius 3 is 2.50 bits per heavy atom. The lowest BCUT2D eigenvalue weighted by Gasteiger charge is -2.09. The summed E-state index contributed by atoms with van der Waals surface area (Å²) in [5, 5.41) is 0. The van der Waals surface area contributed by atoms with E-state index in [4.69, 9.17) is 8.92 Å². The standard InChI is InChI=1S/C13H10BrFO4S/c1-18-10-3-2-4-11(8-10)19-20(16,17)13-7-9(14)5-6-12(13)15/h2-8H,1H3. The van der Waals surface area contributed by atoms with Crippen molar-refractivity contribution in [1.82, 2.24) is 0 Å². The van der Waals surface area contributed by atoms with Crippen molar-refractivity contribution in [3.63, 3.8) is 0 Å². The number of ether oxygens (including phenoxy) is 1. The lowest BCUT2D eigenvalue weighted by atomic mass is 10.3. The van der Waals surface area contributed by atoms with Gasteiger partial charge in [0.25, 0.3) is 0 Å². The third kappa shape index (κ3) is 3.29. The summed E-state index contributed by atoms with van der Waals surface area (Å²) < 4.78 is 48.0. The number of hydrogen-bond acceptors (Lipinski definition) is 4. The molecular weight excluding hydrogens is 351 g/mol. The third-order valence-electron chi connectivity index (χ3n) is 2.41. The second kappa shape index (κ2) is 5.80. The predicted molar refractivity (Wildman–Crippen MR) is 74.9 cm³/mol. The average Bonchev–Trinajstić information content (AvgIpc) is 2.41. The summed E-state index contributed by atoms with van der Waals surface area (Å²) in [6.07, 6.45) is 0. The smallest absolute Gasteiger partial charge is 0.342 e. The highest BCUT2D eigenvalue weighted by Crippen LogP contribution is 2.26. The molecule has 2 aromatic rings. The van der Waals surface area contributed by atoms with E-state index in [1.165, 1.54) is 25.3 Å². The van der Waals surface area contributed by atoms with Crippen LogP contribution in [0.15, 0.2) is 51.8 Å². The van der Waals surface area contributed by atoms with E-state index >= 15 is 0 Å². The zero-order valence-corrected chi connectivity index (χ0v) is 12.7. The molecule has 0 unspecified atom stereocenters. The van der Waals surface area contributed by atoms with Gasteiger partial charge in [-0.3, -0.25) is 0 Å². The minimum absolute atomic E-state index is 0.0451. The van der Waals surface area contributed by atoms with Crippen molar-refractivity contribution in [3.05, 3.63) is 52.8 Å². The van der Waals surface area contributed by atoms with Crippen LogP contribution in [0.1, 0.15) is 0 Å². The van der Waals surface area contributed by atoms with Crippen LogP contribution in [0.4, 0.5) is 4.39 Å². The Kier molecular flexibility index (Phi) is 4.29. The van der Waals surface area contributed by atoms with Crippen LogP contribution in [0.5, 0.6) is 11.5 Å². The monoisotopic (exact) mass is 360 g/mol. The van der Waals surface area contributed by atoms with Crippen LogP contribution in [0.3, 0.4) is 0 Å². The summed E-state index contributed by atoms with van der Waals surface area (Å²) in [4.78, 5) is -0.533. The molecule has 0 aromatic heterocycles. The molecule has 2 aromatic carbocycles. The number of halogens is 2. The first-order chi connectivity index (χ1) is 9.42. The van der Waals surface area contributed by atoms with Crippen LogP contribution in [-0.4, -0.2) is 15.5 Å². The van der Waals surface area contributed by atoms with Crippen LogP contribution < -0.4 is 8.92 Å². The lowest BCUT2D eigenvalue weighted by Crippen LogP contribution is -2.11. The van der Waals surface area contributed by atoms with Crippen molar-refractivity contribution in [2.45, 2.75) is 4.90 Å². The fourth-order valence-electron chi connectivity index (χ4n) is 1.49. The van der Waals surface area contributed by atoms with Gasteiger partial charge in [0.15, 0.2) is 0 Å². The summed E-state index contributed by atoms with van der Waals surface area (Å²) in [7, 11) is -2.81. The number of methoxy groups -OCH3 is 1. The normalized spacial score (nSPS) is 11.2. The van der Waals surface area contributed by atoms with E-state index in [0.717, 1.165) is 12.1 Å². The molecule has 0 radical (unpaired) electrons. The molecule has 0 aliphatic rings. The zero-order chi connectivity index (χ0) is 14.8. The van der Waals surface area contributed by atoms with E-state index in [-0.39, 0.29) is 5.75 Å². The van der Waals surface area contributed by atoms with E-state index in [1.54, 1.807) is 12.1 Å². The van der Waals surface area contributed by atoms with Crippen LogP contribution in [0.2, 0.25) is 0 Å². The molecule has 106 valence electrons. The van der Waals surface area contributed by atoms with Crippen molar-refractivity contribution >= 4 is 26.0 Å². The van der Waals surface area contributed by atoms with Crippen molar-refractivity contribution in [2.75, 3.05) is 7.11 Å². The molecule has 0 amide bonds. The summed E-state index contributed by atoms with van der Waals surface area (Å²) in [5.41, 5.74) is 0. The molecule has 0 saturated carbocycles. The fourth-order valence-corrected chi connectivity index (χ4v) is 3.03. The maximum atomic E-state index is 13.6. The quantitative estimate of drug-likeness (QED) is 0.784. The van der Waals surface area contributed by atoms with E-state index in [2.05, 4.69) is 15.9 Å². The fraction of sp³-hybridized carbons (Fsp3) is 0.0769. The second-order valence-electron chi connectivity index (χ2n) is 3.79. The highest BCUT2D eigenvalue weighted by molar-refractivity contribution is 9.10. The first-order valence-electron chi connectivity index (χ1n) is 5.46. The SMILES string of the molecule is COc1cccc(OS(=O)(=O)c2cc(Br)ccc2F)c1. The molecule has 7 heteroatoms. The Morgan fingerprint density at radius 2 is 1.80 bits per heavy atom. The molecule has 0 bridgehead atoms. The third-order valence-corrected chi connectivity index (χ3v) is 4.17. The second-order valence-corrected chi connectivity index (χ2v) is 6.22. The van der Waals surface area contributed by atoms with Crippen molar-refractivity contribution in [1.29, 1.82) is 0 Å². The van der Waals surface area contributed by atoms with Gasteiger partial charge in [-0.2, -0.15) is 8.42 Å². The molecule has 0 fully saturated rings. The Labute approximate surface area is 124 Å². The molecule has 0 spiro atoms. The molecule has 20 heavy (non-hydrogen) atoms. The van der Waals surface area contributed by atoms with Gasteiger partial charge in [0, 0.05) is 10.5 Å². The Bertz CT molecular complexity index is 731. The van der Waals surface area contributed by atoms with Crippen LogP contribution in [0, 0.1) is 5.82 Å². The predicted octanol–water partition coefficient (Wildman–Crippen LogP) is 3.36. The van der Waals surface area contributed by atoms with Crippen molar-refractivity contribution in [3.8, 4) is 11.5 Å². The highest BCUT2D eigenvalue weighted by atomic mass is 79.9. The van der Waals surface area contributed by atoms with Gasteiger partial charge in [-0.25, -0.2) is 4.39 Å². The molecule has 0 N–H and O–H groups in total. The Hall–Kier alpha value is -1.60. The van der Waals surface area contributed by atoms with E-state index in [0.29, 0.717) is 10.2 Å². The number of hydrogen-bond donors (Lipinski definition) is 0. The van der Waals surface area contributed by atoms with Gasteiger partial charge >= 0.3 is 10.1 Å². The number of rotatable bonds is 4. The van der Waals surface area contributed by atoms with Gasteiger partial charge in [-0.1, -0.05) is 22.0 Å². The maximum absolute atomic E-state index is 13.6. The van der Waals surface area contributed by atoms with E-state index < -0.39 is 20.8 Å². The summed E-state index contributed by atoms with van der Waals surface area (Å²) in [5.74, 6) is -0.396. The van der Waals surface area contributed by atoms with Crippen LogP contribution in [-0.2, 0) is 10.1 Å². The van der Waals surface area contributed by atoms with Crippen LogP contribution >= 0.6 is 15.9 Å². The molecule has 0 aliphatic heterocycles. The van der Waals surface area contributed by atoms with Crippen molar-refractivity contribution in [2.24, 2.45) is 0 Å². The minimum Gasteiger partial charge on any atom is -0.497 e. The Balaban J connectivity index is 2.38. The van der Waals surface area contributed by atoms with Gasteiger partial charge in [-0.15, -0.1) is 0 Å². The van der Waals surface area contributed by atoms with Crippen molar-refractivity contribution < 1.29 is 21.7 Å². The van der Waals surface area contributed by atoms with E-state index in [1.807, 2.05) is 0 Å². The highest BCUT2D eigenvalue weighted by Gasteiger charge is 2.22. The summed E-state index contributed by atoms with van der Waals surface area (Å²) in [6, 6.07) is 9.64. The molecule has 0 aliphatic carbocycles. The van der Waals surface area contributed by atoms with Gasteiger partial charge < -0.3 is 8.92 Å². The maximum Gasteiger partial charge on any atom is 0.342 e. The minimum atomic E-state index is -4.25. The topological polar surface area (TPSA) is 52.6 Å². The zero-order valence-electron chi connectivity index (χ0n) is 10.3. The van der Waals surface area contributed by atoms with E-state index in [9.17, 15) is 12.8 Å². The van der Waals surface area contributed by atoms with Gasteiger partial charge in [0.05, 0.1) is 7.11 Å². The summed E-state index contributed by atoms with van der Waals surface area (Å²) in [6.45, 7) is 0. The molecule has 0 atom stereocenters. The van der Waals surface area contributed by atoms with Gasteiger partial charge in [-0.05, 0) is 30.3 Å². The molecular formula is C13H10BrFO4S. The molecule has 4 nitrogen and oxygen atoms in total. The first kappa shape index (κ1) is 14.8. The lowest BCUT2D eigenvalue weighted by molar-refractivity contribution is 0.411. The Morgan fingerprint density at radius 1 is 1.10 bits per heavy atom. The molecule has 2 rings (SSSR count). The first-order valence-corrected chi connectivity index (χ1v) is 7.66. The summed E-state index contributed by atoms with van der Waals surface area (Å²) >= 11 is 3.09. The average molecular weight is 361 g/mol. The molecule has 0 heterocycles. The van der Waals surface area contributed by atoms with Gasteiger partial charge in [0.1, 0.15) is 22.2 Å². The van der Waals surface area contributed by atoms with Crippen LogP contribution in [0.25, 0.3) is 0 Å². The molecule has 0 saturated heterocycles. The number of benzene rings is 2. The van der Waals surface area contributed by atoms with Gasteiger partial charge in [0.2, 0.25) is 0 Å².